The lowest BCUT2D eigenvalue weighted by molar-refractivity contribution is 0.0484. The van der Waals surface area contributed by atoms with Crippen molar-refractivity contribution in [1.82, 2.24) is 5.32 Å². The Morgan fingerprint density at radius 3 is 2.45 bits per heavy atom. The highest BCUT2D eigenvalue weighted by molar-refractivity contribution is 5.68. The molecule has 0 fully saturated rings. The van der Waals surface area contributed by atoms with Crippen molar-refractivity contribution in [2.24, 2.45) is 0 Å². The number of benzene rings is 1. The predicted octanol–water partition coefficient (Wildman–Crippen LogP) is 2.98. The molecule has 0 saturated carbocycles. The second-order valence-electron chi connectivity index (χ2n) is 5.94. The van der Waals surface area contributed by atoms with Crippen LogP contribution in [0.15, 0.2) is 30.3 Å². The summed E-state index contributed by atoms with van der Waals surface area (Å²) in [4.78, 5) is 11.6. The van der Waals surface area contributed by atoms with E-state index in [9.17, 15) is 9.90 Å². The van der Waals surface area contributed by atoms with Gasteiger partial charge in [0.15, 0.2) is 0 Å². The molecule has 122 valence electrons. The van der Waals surface area contributed by atoms with Crippen LogP contribution < -0.4 is 10.1 Å². The topological polar surface area (TPSA) is 67.8 Å². The van der Waals surface area contributed by atoms with E-state index in [0.717, 1.165) is 11.3 Å². The summed E-state index contributed by atoms with van der Waals surface area (Å²) in [7, 11) is 1.62. The molecular formula is C17H25NO4. The molecule has 0 aliphatic carbocycles. The van der Waals surface area contributed by atoms with Crippen LogP contribution in [0.4, 0.5) is 4.79 Å². The van der Waals surface area contributed by atoms with Gasteiger partial charge in [0.05, 0.1) is 19.8 Å². The van der Waals surface area contributed by atoms with E-state index in [4.69, 9.17) is 9.47 Å². The molecule has 0 spiro atoms. The summed E-state index contributed by atoms with van der Waals surface area (Å²) in [6.45, 7) is 5.24. The van der Waals surface area contributed by atoms with E-state index in [1.807, 2.05) is 36.4 Å². The van der Waals surface area contributed by atoms with Crippen LogP contribution in [-0.4, -0.2) is 36.6 Å². The van der Waals surface area contributed by atoms with E-state index in [2.05, 4.69) is 5.32 Å². The molecule has 0 aliphatic rings. The van der Waals surface area contributed by atoms with Gasteiger partial charge in [0, 0.05) is 0 Å². The Morgan fingerprint density at radius 2 is 1.95 bits per heavy atom. The fourth-order valence-electron chi connectivity index (χ4n) is 1.74. The number of carbonyl (C=O) groups is 1. The van der Waals surface area contributed by atoms with Crippen molar-refractivity contribution in [2.45, 2.75) is 38.8 Å². The molecule has 0 radical (unpaired) electrons. The summed E-state index contributed by atoms with van der Waals surface area (Å²) in [6, 6.07) is 7.25. The summed E-state index contributed by atoms with van der Waals surface area (Å²) < 4.78 is 10.3. The number of carbonyl (C=O) groups excluding carboxylic acids is 1. The Hall–Kier alpha value is -2.01. The highest BCUT2D eigenvalue weighted by atomic mass is 16.6. The van der Waals surface area contributed by atoms with Crippen molar-refractivity contribution in [3.63, 3.8) is 0 Å². The maximum Gasteiger partial charge on any atom is 0.407 e. The SMILES string of the molecule is COc1ccc(C=CC[C@@H](CO)NC(=O)OC(C)(C)C)cc1. The number of aliphatic hydroxyl groups excluding tert-OH is 1. The maximum atomic E-state index is 11.6. The van der Waals surface area contributed by atoms with Crippen molar-refractivity contribution in [3.8, 4) is 5.75 Å². The molecule has 0 bridgehead atoms. The van der Waals surface area contributed by atoms with Crippen LogP contribution in [0.2, 0.25) is 0 Å². The van der Waals surface area contributed by atoms with Gasteiger partial charge >= 0.3 is 6.09 Å². The third-order valence-corrected chi connectivity index (χ3v) is 2.79. The molecule has 22 heavy (non-hydrogen) atoms. The minimum Gasteiger partial charge on any atom is -0.497 e. The van der Waals surface area contributed by atoms with Gasteiger partial charge in [0.1, 0.15) is 11.4 Å². The number of methoxy groups -OCH3 is 1. The first-order valence-corrected chi connectivity index (χ1v) is 7.25. The van der Waals surface area contributed by atoms with Crippen molar-refractivity contribution >= 4 is 12.2 Å². The lowest BCUT2D eigenvalue weighted by Gasteiger charge is -2.22. The Balaban J connectivity index is 2.48. The number of nitrogens with one attached hydrogen (secondary N) is 1. The third-order valence-electron chi connectivity index (χ3n) is 2.79. The average Bonchev–Trinajstić information content (AvgIpc) is 2.45. The lowest BCUT2D eigenvalue weighted by atomic mass is 10.1. The van der Waals surface area contributed by atoms with Crippen LogP contribution in [0.3, 0.4) is 0 Å². The summed E-state index contributed by atoms with van der Waals surface area (Å²) in [5.41, 5.74) is 0.470. The first kappa shape index (κ1) is 18.0. The van der Waals surface area contributed by atoms with Crippen molar-refractivity contribution in [3.05, 3.63) is 35.9 Å². The molecular weight excluding hydrogens is 282 g/mol. The van der Waals surface area contributed by atoms with Crippen LogP contribution >= 0.6 is 0 Å². The largest absolute Gasteiger partial charge is 0.497 e. The normalized spacial score (nSPS) is 13.0. The van der Waals surface area contributed by atoms with Gasteiger partial charge in [-0.05, 0) is 44.9 Å². The number of hydrogen-bond donors (Lipinski definition) is 2. The van der Waals surface area contributed by atoms with E-state index >= 15 is 0 Å². The Bertz CT molecular complexity index is 488. The van der Waals surface area contributed by atoms with Gasteiger partial charge in [0.25, 0.3) is 0 Å². The summed E-state index contributed by atoms with van der Waals surface area (Å²) in [5.74, 6) is 0.803. The van der Waals surface area contributed by atoms with E-state index in [-0.39, 0.29) is 12.6 Å². The van der Waals surface area contributed by atoms with Gasteiger partial charge in [-0.2, -0.15) is 0 Å². The van der Waals surface area contributed by atoms with Gasteiger partial charge in [0.2, 0.25) is 0 Å². The molecule has 1 atom stereocenters. The Kier molecular flexibility index (Phi) is 6.92. The molecule has 5 nitrogen and oxygen atoms in total. The van der Waals surface area contributed by atoms with Crippen LogP contribution in [0.25, 0.3) is 6.08 Å². The minimum atomic E-state index is -0.553. The quantitative estimate of drug-likeness (QED) is 0.848. The monoisotopic (exact) mass is 307 g/mol. The summed E-state index contributed by atoms with van der Waals surface area (Å²) in [6.07, 6.45) is 3.82. The van der Waals surface area contributed by atoms with Crippen LogP contribution in [-0.2, 0) is 4.74 Å². The lowest BCUT2D eigenvalue weighted by Crippen LogP contribution is -2.40. The van der Waals surface area contributed by atoms with Crippen LogP contribution in [0.1, 0.15) is 32.8 Å². The maximum absolute atomic E-state index is 11.6. The molecule has 0 aromatic heterocycles. The number of aliphatic hydroxyl groups is 1. The molecule has 1 aromatic rings. The number of rotatable bonds is 6. The van der Waals surface area contributed by atoms with E-state index in [1.54, 1.807) is 27.9 Å². The molecule has 1 rings (SSSR count). The second-order valence-corrected chi connectivity index (χ2v) is 5.94. The molecule has 1 aromatic carbocycles. The smallest absolute Gasteiger partial charge is 0.407 e. The average molecular weight is 307 g/mol. The Labute approximate surface area is 131 Å². The van der Waals surface area contributed by atoms with Gasteiger partial charge in [-0.1, -0.05) is 24.3 Å². The molecule has 0 unspecified atom stereocenters. The first-order valence-electron chi connectivity index (χ1n) is 7.25. The fraction of sp³-hybridized carbons (Fsp3) is 0.471. The Morgan fingerprint density at radius 1 is 1.32 bits per heavy atom. The molecule has 0 aliphatic heterocycles. The third kappa shape index (κ3) is 7.13. The molecule has 0 saturated heterocycles. The minimum absolute atomic E-state index is 0.147. The summed E-state index contributed by atoms with van der Waals surface area (Å²) in [5, 5.41) is 12.0. The van der Waals surface area contributed by atoms with Crippen molar-refractivity contribution in [1.29, 1.82) is 0 Å². The van der Waals surface area contributed by atoms with Gasteiger partial charge in [-0.3, -0.25) is 0 Å². The van der Waals surface area contributed by atoms with Gasteiger partial charge in [-0.15, -0.1) is 0 Å². The first-order chi connectivity index (χ1) is 10.3. The van der Waals surface area contributed by atoms with Gasteiger partial charge in [-0.25, -0.2) is 4.79 Å². The van der Waals surface area contributed by atoms with E-state index in [0.29, 0.717) is 6.42 Å². The number of amides is 1. The standard InChI is InChI=1S/C17H25NO4/c1-17(2,3)22-16(20)18-14(12-19)7-5-6-13-8-10-15(21-4)11-9-13/h5-6,8-11,14,19H,7,12H2,1-4H3,(H,18,20)/t14-/m0/s1. The number of ether oxygens (including phenoxy) is 2. The van der Waals surface area contributed by atoms with Crippen LogP contribution in [0, 0.1) is 0 Å². The van der Waals surface area contributed by atoms with E-state index in [1.165, 1.54) is 0 Å². The highest BCUT2D eigenvalue weighted by Crippen LogP contribution is 2.13. The zero-order chi connectivity index (χ0) is 16.6. The molecule has 0 heterocycles. The van der Waals surface area contributed by atoms with E-state index < -0.39 is 11.7 Å². The summed E-state index contributed by atoms with van der Waals surface area (Å²) >= 11 is 0. The van der Waals surface area contributed by atoms with Crippen molar-refractivity contribution < 1.29 is 19.4 Å². The number of alkyl carbamates (subject to hydrolysis) is 1. The zero-order valence-corrected chi connectivity index (χ0v) is 13.6. The van der Waals surface area contributed by atoms with Crippen LogP contribution in [0.5, 0.6) is 5.75 Å². The van der Waals surface area contributed by atoms with Gasteiger partial charge < -0.3 is 19.9 Å². The predicted molar refractivity (Wildman–Crippen MR) is 86.9 cm³/mol. The second kappa shape index (κ2) is 8.44. The molecule has 2 N–H and O–H groups in total. The molecule has 1 amide bonds. The zero-order valence-electron chi connectivity index (χ0n) is 13.6. The fourth-order valence-corrected chi connectivity index (χ4v) is 1.74. The van der Waals surface area contributed by atoms with Crippen molar-refractivity contribution in [2.75, 3.05) is 13.7 Å². The highest BCUT2D eigenvalue weighted by Gasteiger charge is 2.18. The molecule has 5 heteroatoms. The number of hydrogen-bond acceptors (Lipinski definition) is 4.